The van der Waals surface area contributed by atoms with Gasteiger partial charge in [0.1, 0.15) is 4.90 Å². The molecule has 0 aliphatic rings. The van der Waals surface area contributed by atoms with Crippen molar-refractivity contribution in [3.05, 3.63) is 97.1 Å². The first-order valence-corrected chi connectivity index (χ1v) is 8.76. The van der Waals surface area contributed by atoms with Crippen LogP contribution in [0.25, 0.3) is 17.2 Å². The molecule has 3 aromatic carbocycles. The van der Waals surface area contributed by atoms with Gasteiger partial charge in [0.2, 0.25) is 0 Å². The molecule has 0 fully saturated rings. The first-order chi connectivity index (χ1) is 11.5. The second-order valence-electron chi connectivity index (χ2n) is 4.95. The van der Waals surface area contributed by atoms with Gasteiger partial charge >= 0.3 is 29.6 Å². The van der Waals surface area contributed by atoms with Gasteiger partial charge < -0.3 is 1.43 Å². The third-order valence-corrected chi connectivity index (χ3v) is 4.23. The standard InChI is InChI=1S/C12H10.C8H8O3S.Na.H/c1-3-7-11(8-4-1)12-9-5-2-6-10-12;1-2-7-5-3-4-6-8(7)12(9,10)11;;/h1-10H;2-6H,1H2,(H,9,10,11);;/q;;+1;-1. The molecule has 3 nitrogen and oxygen atoms in total. The fraction of sp³-hybridized carbons (Fsp3) is 0. The van der Waals surface area contributed by atoms with Crippen molar-refractivity contribution in [3.63, 3.8) is 0 Å². The van der Waals surface area contributed by atoms with Crippen LogP contribution in [0.15, 0.2) is 96.4 Å². The van der Waals surface area contributed by atoms with Crippen LogP contribution in [-0.4, -0.2) is 13.0 Å². The normalized spacial score (nSPS) is 9.96. The van der Waals surface area contributed by atoms with Crippen LogP contribution in [0, 0.1) is 0 Å². The summed E-state index contributed by atoms with van der Waals surface area (Å²) in [5.74, 6) is 0. The molecular weight excluding hydrogens is 343 g/mol. The van der Waals surface area contributed by atoms with Gasteiger partial charge in [0.25, 0.3) is 10.1 Å². The third-order valence-electron chi connectivity index (χ3n) is 3.30. The van der Waals surface area contributed by atoms with Crippen molar-refractivity contribution in [2.75, 3.05) is 0 Å². The van der Waals surface area contributed by atoms with E-state index in [1.165, 1.54) is 29.3 Å². The average molecular weight is 362 g/mol. The van der Waals surface area contributed by atoms with E-state index in [1.54, 1.807) is 12.1 Å². The summed E-state index contributed by atoms with van der Waals surface area (Å²) in [4.78, 5) is -0.111. The molecule has 0 bridgehead atoms. The molecule has 124 valence electrons. The average Bonchev–Trinajstić information content (AvgIpc) is 2.63. The minimum absolute atomic E-state index is 0. The van der Waals surface area contributed by atoms with Crippen LogP contribution >= 0.6 is 0 Å². The predicted molar refractivity (Wildman–Crippen MR) is 99.3 cm³/mol. The maximum Gasteiger partial charge on any atom is 1.00 e. The number of rotatable bonds is 3. The van der Waals surface area contributed by atoms with Gasteiger partial charge in [-0.3, -0.25) is 4.55 Å². The van der Waals surface area contributed by atoms with E-state index in [0.717, 1.165) is 0 Å². The van der Waals surface area contributed by atoms with Crippen molar-refractivity contribution >= 4 is 16.2 Å². The summed E-state index contributed by atoms with van der Waals surface area (Å²) >= 11 is 0. The third kappa shape index (κ3) is 6.61. The largest absolute Gasteiger partial charge is 1.00 e. The maximum atomic E-state index is 10.7. The second kappa shape index (κ2) is 10.3. The molecule has 0 atom stereocenters. The molecule has 5 heteroatoms. The van der Waals surface area contributed by atoms with Crippen LogP contribution < -0.4 is 29.6 Å². The van der Waals surface area contributed by atoms with E-state index in [9.17, 15) is 8.42 Å². The minimum Gasteiger partial charge on any atom is -1.00 e. The Labute approximate surface area is 172 Å². The van der Waals surface area contributed by atoms with Crippen LogP contribution in [0.1, 0.15) is 6.99 Å². The van der Waals surface area contributed by atoms with Crippen LogP contribution in [-0.2, 0) is 10.1 Å². The Morgan fingerprint density at radius 1 is 0.760 bits per heavy atom. The Balaban J connectivity index is 0.000000446. The molecule has 0 saturated heterocycles. The zero-order valence-corrected chi connectivity index (χ0v) is 16.9. The molecule has 1 N–H and O–H groups in total. The molecule has 0 aromatic heterocycles. The molecular formula is C20H19NaO3S. The van der Waals surface area contributed by atoms with Crippen molar-refractivity contribution in [2.24, 2.45) is 0 Å². The van der Waals surface area contributed by atoms with E-state index in [-0.39, 0.29) is 35.9 Å². The molecule has 0 heterocycles. The van der Waals surface area contributed by atoms with E-state index in [4.69, 9.17) is 4.55 Å². The van der Waals surface area contributed by atoms with Crippen molar-refractivity contribution in [3.8, 4) is 11.1 Å². The zero-order valence-electron chi connectivity index (χ0n) is 15.0. The molecule has 0 aliphatic heterocycles. The first kappa shape index (κ1) is 21.4. The molecule has 0 radical (unpaired) electrons. The topological polar surface area (TPSA) is 54.4 Å². The fourth-order valence-electron chi connectivity index (χ4n) is 2.15. The predicted octanol–water partition coefficient (Wildman–Crippen LogP) is 2.05. The van der Waals surface area contributed by atoms with Crippen LogP contribution in [0.3, 0.4) is 0 Å². The SMILES string of the molecule is C=Cc1ccccc1S(=O)(=O)O.[H-].[Na+].c1ccc(-c2ccccc2)cc1. The van der Waals surface area contributed by atoms with Gasteiger partial charge in [0.15, 0.2) is 0 Å². The van der Waals surface area contributed by atoms with Gasteiger partial charge in [-0.05, 0) is 22.8 Å². The molecule has 3 rings (SSSR count). The summed E-state index contributed by atoms with van der Waals surface area (Å²) in [5, 5.41) is 0. The Morgan fingerprint density at radius 2 is 1.16 bits per heavy atom. The summed E-state index contributed by atoms with van der Waals surface area (Å²) in [6.45, 7) is 3.43. The summed E-state index contributed by atoms with van der Waals surface area (Å²) in [6, 6.07) is 26.9. The van der Waals surface area contributed by atoms with Crippen molar-refractivity contribution in [2.45, 2.75) is 4.90 Å². The fourth-order valence-corrected chi connectivity index (χ4v) is 2.85. The smallest absolute Gasteiger partial charge is 1.00 e. The number of benzene rings is 3. The van der Waals surface area contributed by atoms with E-state index in [2.05, 4.69) is 55.1 Å². The van der Waals surface area contributed by atoms with Gasteiger partial charge in [-0.2, -0.15) is 8.42 Å². The molecule has 0 unspecified atom stereocenters. The van der Waals surface area contributed by atoms with E-state index >= 15 is 0 Å². The summed E-state index contributed by atoms with van der Waals surface area (Å²) < 4.78 is 30.2. The van der Waals surface area contributed by atoms with Crippen LogP contribution in [0.4, 0.5) is 0 Å². The van der Waals surface area contributed by atoms with Gasteiger partial charge in [0.05, 0.1) is 0 Å². The number of hydrogen-bond acceptors (Lipinski definition) is 2. The molecule has 0 aliphatic carbocycles. The quantitative estimate of drug-likeness (QED) is 0.573. The summed E-state index contributed by atoms with van der Waals surface area (Å²) in [6.07, 6.45) is 1.38. The maximum absolute atomic E-state index is 10.7. The van der Waals surface area contributed by atoms with Crippen molar-refractivity contribution in [1.29, 1.82) is 0 Å². The molecule has 3 aromatic rings. The number of hydrogen-bond donors (Lipinski definition) is 1. The second-order valence-corrected chi connectivity index (χ2v) is 6.34. The van der Waals surface area contributed by atoms with Crippen molar-refractivity contribution < 1.29 is 44.0 Å². The molecule has 0 saturated carbocycles. The van der Waals surface area contributed by atoms with Crippen LogP contribution in [0.5, 0.6) is 0 Å². The molecule has 25 heavy (non-hydrogen) atoms. The van der Waals surface area contributed by atoms with Gasteiger partial charge in [-0.25, -0.2) is 0 Å². The Morgan fingerprint density at radius 3 is 1.52 bits per heavy atom. The Bertz CT molecular complexity index is 861. The van der Waals surface area contributed by atoms with Gasteiger partial charge in [-0.15, -0.1) is 0 Å². The van der Waals surface area contributed by atoms with E-state index in [0.29, 0.717) is 5.56 Å². The molecule has 0 spiro atoms. The minimum atomic E-state index is -4.12. The Hall–Kier alpha value is -1.69. The van der Waals surface area contributed by atoms with Gasteiger partial charge in [0, 0.05) is 0 Å². The van der Waals surface area contributed by atoms with E-state index in [1.807, 2.05) is 12.1 Å². The summed E-state index contributed by atoms with van der Waals surface area (Å²) in [5.41, 5.74) is 2.95. The summed E-state index contributed by atoms with van der Waals surface area (Å²) in [7, 11) is -4.12. The Kier molecular flexibility index (Phi) is 8.83. The first-order valence-electron chi connectivity index (χ1n) is 7.32. The zero-order chi connectivity index (χ0) is 17.4. The van der Waals surface area contributed by atoms with Crippen LogP contribution in [0.2, 0.25) is 0 Å². The monoisotopic (exact) mass is 362 g/mol. The van der Waals surface area contributed by atoms with Gasteiger partial charge in [-0.1, -0.05) is 91.5 Å². The molecule has 0 amide bonds. The van der Waals surface area contributed by atoms with E-state index < -0.39 is 10.1 Å². The van der Waals surface area contributed by atoms with Crippen molar-refractivity contribution in [1.82, 2.24) is 0 Å².